The summed E-state index contributed by atoms with van der Waals surface area (Å²) in [7, 11) is 0. The Kier molecular flexibility index (Phi) is 6.79. The van der Waals surface area contributed by atoms with Crippen LogP contribution in [0.3, 0.4) is 0 Å². The molecule has 0 radical (unpaired) electrons. The number of primary amides is 1. The summed E-state index contributed by atoms with van der Waals surface area (Å²) in [4.78, 5) is 35.3. The first-order valence-corrected chi connectivity index (χ1v) is 10.5. The number of hydrogen-bond donors (Lipinski definition) is 2. The van der Waals surface area contributed by atoms with Gasteiger partial charge in [-0.3, -0.25) is 9.59 Å². The lowest BCUT2D eigenvalue weighted by Crippen LogP contribution is -2.38. The van der Waals surface area contributed by atoms with E-state index in [4.69, 9.17) is 5.73 Å². The predicted molar refractivity (Wildman–Crippen MR) is 123 cm³/mol. The van der Waals surface area contributed by atoms with Crippen LogP contribution >= 0.6 is 24.2 Å². The fraction of sp³-hybridized carbons (Fsp3) is 0.238. The second-order valence-corrected chi connectivity index (χ2v) is 8.07. The van der Waals surface area contributed by atoms with Gasteiger partial charge in [0.25, 0.3) is 5.91 Å². The number of pyridine rings is 2. The van der Waals surface area contributed by atoms with Crippen LogP contribution in [-0.4, -0.2) is 51.3 Å². The highest BCUT2D eigenvalue weighted by atomic mass is 35.5. The lowest BCUT2D eigenvalue weighted by atomic mass is 10.1. The lowest BCUT2D eigenvalue weighted by Gasteiger charge is -2.27. The van der Waals surface area contributed by atoms with Gasteiger partial charge in [0.2, 0.25) is 5.91 Å². The zero-order valence-corrected chi connectivity index (χ0v) is 18.1. The summed E-state index contributed by atoms with van der Waals surface area (Å²) in [6.07, 6.45) is 1.60. The van der Waals surface area contributed by atoms with Gasteiger partial charge in [0.05, 0.1) is 11.3 Å². The topological polar surface area (TPSA) is 101 Å². The van der Waals surface area contributed by atoms with Crippen LogP contribution in [0.15, 0.2) is 42.6 Å². The number of halogens is 1. The van der Waals surface area contributed by atoms with E-state index in [2.05, 4.69) is 15.3 Å². The Labute approximate surface area is 184 Å². The molecule has 1 aliphatic heterocycles. The molecule has 0 bridgehead atoms. The maximum Gasteiger partial charge on any atom is 0.257 e. The summed E-state index contributed by atoms with van der Waals surface area (Å²) in [6, 6.07) is 10.7. The number of anilines is 2. The van der Waals surface area contributed by atoms with E-state index in [1.54, 1.807) is 30.5 Å². The first kappa shape index (κ1) is 21.9. The van der Waals surface area contributed by atoms with Crippen LogP contribution in [-0.2, 0) is 0 Å². The van der Waals surface area contributed by atoms with Gasteiger partial charge in [-0.05, 0) is 43.3 Å². The third kappa shape index (κ3) is 4.49. The van der Waals surface area contributed by atoms with E-state index in [1.165, 1.54) is 0 Å². The minimum Gasteiger partial charge on any atom is -0.366 e. The number of aryl methyl sites for hydroxylation is 1. The number of amides is 2. The number of thioether (sulfide) groups is 1. The molecule has 0 aliphatic carbocycles. The number of aromatic nitrogens is 2. The number of benzene rings is 1. The summed E-state index contributed by atoms with van der Waals surface area (Å²) in [5.41, 5.74) is 9.10. The van der Waals surface area contributed by atoms with Crippen molar-refractivity contribution in [3.05, 3.63) is 59.4 Å². The van der Waals surface area contributed by atoms with E-state index in [9.17, 15) is 9.59 Å². The number of nitrogens with one attached hydrogen (secondary N) is 1. The van der Waals surface area contributed by atoms with Gasteiger partial charge in [0.1, 0.15) is 0 Å². The first-order chi connectivity index (χ1) is 14.0. The third-order valence-corrected chi connectivity index (χ3v) is 5.78. The number of nitrogens with two attached hydrogens (primary N) is 1. The smallest absolute Gasteiger partial charge is 0.257 e. The summed E-state index contributed by atoms with van der Waals surface area (Å²) in [6.45, 7) is 3.35. The number of hydrogen-bond acceptors (Lipinski definition) is 6. The van der Waals surface area contributed by atoms with E-state index in [0.29, 0.717) is 22.5 Å². The van der Waals surface area contributed by atoms with Crippen LogP contribution < -0.4 is 11.1 Å². The van der Waals surface area contributed by atoms with Gasteiger partial charge >= 0.3 is 0 Å². The molecule has 3 aromatic rings. The highest BCUT2D eigenvalue weighted by Gasteiger charge is 2.23. The van der Waals surface area contributed by atoms with E-state index in [0.717, 1.165) is 41.4 Å². The standard InChI is InChI=1S/C21H21N5O2S.ClH/c1-13-2-7-16-18(25-15-5-3-14(4-6-15)19(22)27)17(12-23-20(16)24-13)21(28)26-8-10-29-11-9-26;/h2-7,12H,8-11H2,1H3,(H2,22,27)(H,23,24,25);1H. The summed E-state index contributed by atoms with van der Waals surface area (Å²) < 4.78 is 0. The van der Waals surface area contributed by atoms with Crippen LogP contribution in [0, 0.1) is 6.92 Å². The Morgan fingerprint density at radius 2 is 1.80 bits per heavy atom. The van der Waals surface area contributed by atoms with Gasteiger partial charge in [-0.2, -0.15) is 11.8 Å². The number of fused-ring (bicyclic) bond motifs is 1. The molecule has 1 aromatic carbocycles. The zero-order chi connectivity index (χ0) is 20.4. The molecule has 0 saturated carbocycles. The molecule has 0 atom stereocenters. The number of rotatable bonds is 4. The highest BCUT2D eigenvalue weighted by Crippen LogP contribution is 2.30. The van der Waals surface area contributed by atoms with Crippen molar-refractivity contribution in [2.24, 2.45) is 5.73 Å². The van der Waals surface area contributed by atoms with E-state index >= 15 is 0 Å². The fourth-order valence-corrected chi connectivity index (χ4v) is 4.17. The molecule has 2 aromatic heterocycles. The van der Waals surface area contributed by atoms with Gasteiger partial charge in [-0.15, -0.1) is 12.4 Å². The van der Waals surface area contributed by atoms with Crippen molar-refractivity contribution >= 4 is 58.4 Å². The fourth-order valence-electron chi connectivity index (χ4n) is 3.27. The Morgan fingerprint density at radius 1 is 1.10 bits per heavy atom. The molecule has 1 saturated heterocycles. The molecule has 30 heavy (non-hydrogen) atoms. The molecule has 7 nitrogen and oxygen atoms in total. The maximum absolute atomic E-state index is 13.2. The number of nitrogens with zero attached hydrogens (tertiary/aromatic N) is 3. The number of carbonyl (C=O) groups excluding carboxylic acids is 2. The predicted octanol–water partition coefficient (Wildman–Crippen LogP) is 3.39. The lowest BCUT2D eigenvalue weighted by molar-refractivity contribution is 0.0773. The molecule has 4 rings (SSSR count). The Morgan fingerprint density at radius 3 is 2.47 bits per heavy atom. The quantitative estimate of drug-likeness (QED) is 0.640. The first-order valence-electron chi connectivity index (χ1n) is 9.33. The zero-order valence-electron chi connectivity index (χ0n) is 16.4. The molecule has 156 valence electrons. The van der Waals surface area contributed by atoms with Crippen LogP contribution in [0.1, 0.15) is 26.4 Å². The maximum atomic E-state index is 13.2. The summed E-state index contributed by atoms with van der Waals surface area (Å²) in [5, 5.41) is 4.11. The molecule has 1 fully saturated rings. The van der Waals surface area contributed by atoms with Crippen LogP contribution in [0.2, 0.25) is 0 Å². The van der Waals surface area contributed by atoms with Crippen molar-refractivity contribution in [3.8, 4) is 0 Å². The van der Waals surface area contributed by atoms with Gasteiger partial charge in [-0.25, -0.2) is 9.97 Å². The molecule has 0 spiro atoms. The second-order valence-electron chi connectivity index (χ2n) is 6.84. The van der Waals surface area contributed by atoms with Crippen molar-refractivity contribution in [1.82, 2.24) is 14.9 Å². The average Bonchev–Trinajstić information content (AvgIpc) is 2.74. The highest BCUT2D eigenvalue weighted by molar-refractivity contribution is 7.99. The van der Waals surface area contributed by atoms with Gasteiger partial charge in [-0.1, -0.05) is 0 Å². The normalized spacial score (nSPS) is 13.6. The van der Waals surface area contributed by atoms with Crippen LogP contribution in [0.5, 0.6) is 0 Å². The van der Waals surface area contributed by atoms with Gasteiger partial charge in [0, 0.05) is 53.1 Å². The van der Waals surface area contributed by atoms with E-state index in [1.807, 2.05) is 35.7 Å². The van der Waals surface area contributed by atoms with Gasteiger partial charge < -0.3 is 16.0 Å². The Balaban J connectivity index is 0.00000256. The van der Waals surface area contributed by atoms with E-state index < -0.39 is 5.91 Å². The molecule has 1 aliphatic rings. The molecule has 9 heteroatoms. The molecular formula is C21H22ClN5O2S. The van der Waals surface area contributed by atoms with Crippen molar-refractivity contribution in [2.75, 3.05) is 29.9 Å². The van der Waals surface area contributed by atoms with E-state index in [-0.39, 0.29) is 18.3 Å². The van der Waals surface area contributed by atoms with Crippen molar-refractivity contribution < 1.29 is 9.59 Å². The third-order valence-electron chi connectivity index (χ3n) is 4.84. The summed E-state index contributed by atoms with van der Waals surface area (Å²) in [5.74, 6) is 1.34. The largest absolute Gasteiger partial charge is 0.366 e. The molecule has 3 heterocycles. The van der Waals surface area contributed by atoms with Crippen LogP contribution in [0.4, 0.5) is 11.4 Å². The average molecular weight is 444 g/mol. The van der Waals surface area contributed by atoms with Crippen molar-refractivity contribution in [2.45, 2.75) is 6.92 Å². The molecule has 2 amide bonds. The van der Waals surface area contributed by atoms with Crippen molar-refractivity contribution in [1.29, 1.82) is 0 Å². The second kappa shape index (κ2) is 9.32. The summed E-state index contributed by atoms with van der Waals surface area (Å²) >= 11 is 1.85. The minimum absolute atomic E-state index is 0. The monoisotopic (exact) mass is 443 g/mol. The van der Waals surface area contributed by atoms with Crippen molar-refractivity contribution in [3.63, 3.8) is 0 Å². The molecule has 3 N–H and O–H groups in total. The molecular weight excluding hydrogens is 422 g/mol. The Bertz CT molecular complexity index is 1080. The van der Waals surface area contributed by atoms with Gasteiger partial charge in [0.15, 0.2) is 5.65 Å². The Hall–Kier alpha value is -2.84. The van der Waals surface area contributed by atoms with Crippen LogP contribution in [0.25, 0.3) is 11.0 Å². The number of carbonyl (C=O) groups is 2. The minimum atomic E-state index is -0.482. The molecule has 0 unspecified atom stereocenters. The SMILES string of the molecule is Cc1ccc2c(Nc3ccc(C(N)=O)cc3)c(C(=O)N3CCSCC3)cnc2n1.Cl.